The maximum Gasteiger partial charge on any atom is 0.410 e. The van der Waals surface area contributed by atoms with E-state index in [0.29, 0.717) is 13.2 Å². The summed E-state index contributed by atoms with van der Waals surface area (Å²) < 4.78 is 10.7. The van der Waals surface area contributed by atoms with Gasteiger partial charge in [-0.3, -0.25) is 4.90 Å². The van der Waals surface area contributed by atoms with Crippen LogP contribution < -0.4 is 5.32 Å². The summed E-state index contributed by atoms with van der Waals surface area (Å²) >= 11 is 0. The fraction of sp³-hybridized carbons (Fsp3) is 0.923. The Labute approximate surface area is 109 Å². The number of nitrogens with one attached hydrogen (secondary N) is 1. The molecule has 0 unspecified atom stereocenters. The van der Waals surface area contributed by atoms with Crippen LogP contribution in [0.3, 0.4) is 0 Å². The lowest BCUT2D eigenvalue weighted by molar-refractivity contribution is -0.0856. The molecule has 2 fully saturated rings. The van der Waals surface area contributed by atoms with Gasteiger partial charge in [-0.25, -0.2) is 4.79 Å². The van der Waals surface area contributed by atoms with E-state index in [-0.39, 0.29) is 18.2 Å². The SMILES string of the molecule is CC(C)(C)OC(=O)N(C1CCNCC1)C1COC1. The number of rotatable bonds is 2. The fourth-order valence-electron chi connectivity index (χ4n) is 2.38. The predicted octanol–water partition coefficient (Wildman–Crippen LogP) is 1.37. The van der Waals surface area contributed by atoms with E-state index in [1.807, 2.05) is 25.7 Å². The molecule has 2 saturated heterocycles. The second-order valence-electron chi connectivity index (χ2n) is 6.06. The molecule has 2 aliphatic rings. The van der Waals surface area contributed by atoms with Crippen LogP contribution in [0.1, 0.15) is 33.6 Å². The Bertz CT molecular complexity index is 291. The largest absolute Gasteiger partial charge is 0.444 e. The fourth-order valence-corrected chi connectivity index (χ4v) is 2.38. The van der Waals surface area contributed by atoms with Gasteiger partial charge in [-0.2, -0.15) is 0 Å². The van der Waals surface area contributed by atoms with E-state index < -0.39 is 5.60 Å². The summed E-state index contributed by atoms with van der Waals surface area (Å²) in [7, 11) is 0. The van der Waals surface area contributed by atoms with Gasteiger partial charge in [0, 0.05) is 6.04 Å². The van der Waals surface area contributed by atoms with E-state index in [9.17, 15) is 4.79 Å². The normalized spacial score (nSPS) is 22.4. The maximum absolute atomic E-state index is 12.3. The van der Waals surface area contributed by atoms with Crippen LogP contribution in [0.5, 0.6) is 0 Å². The highest BCUT2D eigenvalue weighted by atomic mass is 16.6. The van der Waals surface area contributed by atoms with Crippen molar-refractivity contribution in [2.45, 2.75) is 51.3 Å². The van der Waals surface area contributed by atoms with Crippen molar-refractivity contribution in [3.63, 3.8) is 0 Å². The van der Waals surface area contributed by atoms with Crippen molar-refractivity contribution >= 4 is 6.09 Å². The van der Waals surface area contributed by atoms with E-state index in [2.05, 4.69) is 5.32 Å². The monoisotopic (exact) mass is 256 g/mol. The number of piperidine rings is 1. The van der Waals surface area contributed by atoms with Crippen LogP contribution in [0.25, 0.3) is 0 Å². The first-order chi connectivity index (χ1) is 8.47. The van der Waals surface area contributed by atoms with Crippen LogP contribution in [-0.4, -0.2) is 55.0 Å². The molecule has 104 valence electrons. The number of nitrogens with zero attached hydrogens (tertiary/aromatic N) is 1. The lowest BCUT2D eigenvalue weighted by Gasteiger charge is -2.43. The Morgan fingerprint density at radius 1 is 1.22 bits per heavy atom. The van der Waals surface area contributed by atoms with Crippen molar-refractivity contribution in [3.8, 4) is 0 Å². The first-order valence-electron chi connectivity index (χ1n) is 6.77. The Kier molecular flexibility index (Phi) is 4.12. The van der Waals surface area contributed by atoms with Crippen molar-refractivity contribution in [2.24, 2.45) is 0 Å². The van der Waals surface area contributed by atoms with Crippen molar-refractivity contribution in [2.75, 3.05) is 26.3 Å². The Balaban J connectivity index is 2.01. The molecule has 18 heavy (non-hydrogen) atoms. The molecular formula is C13H24N2O3. The highest BCUT2D eigenvalue weighted by Crippen LogP contribution is 2.23. The molecule has 0 bridgehead atoms. The molecule has 0 aliphatic carbocycles. The van der Waals surface area contributed by atoms with Crippen LogP contribution in [-0.2, 0) is 9.47 Å². The smallest absolute Gasteiger partial charge is 0.410 e. The van der Waals surface area contributed by atoms with Crippen LogP contribution in [0.4, 0.5) is 4.79 Å². The summed E-state index contributed by atoms with van der Waals surface area (Å²) in [5.74, 6) is 0. The molecule has 1 amide bonds. The van der Waals surface area contributed by atoms with Crippen LogP contribution in [0, 0.1) is 0 Å². The molecular weight excluding hydrogens is 232 g/mol. The van der Waals surface area contributed by atoms with Gasteiger partial charge in [-0.1, -0.05) is 0 Å². The molecule has 0 saturated carbocycles. The molecule has 1 N–H and O–H groups in total. The minimum atomic E-state index is -0.438. The highest BCUT2D eigenvalue weighted by molar-refractivity contribution is 5.69. The van der Waals surface area contributed by atoms with E-state index in [0.717, 1.165) is 25.9 Å². The predicted molar refractivity (Wildman–Crippen MR) is 68.6 cm³/mol. The lowest BCUT2D eigenvalue weighted by atomic mass is 10.0. The van der Waals surface area contributed by atoms with Crippen molar-refractivity contribution in [3.05, 3.63) is 0 Å². The van der Waals surface area contributed by atoms with Gasteiger partial charge >= 0.3 is 6.09 Å². The van der Waals surface area contributed by atoms with Crippen molar-refractivity contribution in [1.29, 1.82) is 0 Å². The standard InChI is InChI=1S/C13H24N2O3/c1-13(2,3)18-12(16)15(11-8-17-9-11)10-4-6-14-7-5-10/h10-11,14H,4-9H2,1-3H3. The van der Waals surface area contributed by atoms with Crippen LogP contribution >= 0.6 is 0 Å². The van der Waals surface area contributed by atoms with Crippen molar-refractivity contribution in [1.82, 2.24) is 10.2 Å². The van der Waals surface area contributed by atoms with E-state index in [4.69, 9.17) is 9.47 Å². The van der Waals surface area contributed by atoms with E-state index >= 15 is 0 Å². The molecule has 5 nitrogen and oxygen atoms in total. The molecule has 0 aromatic heterocycles. The van der Waals surface area contributed by atoms with E-state index in [1.165, 1.54) is 0 Å². The average Bonchev–Trinajstić information content (AvgIpc) is 2.21. The van der Waals surface area contributed by atoms with Gasteiger partial charge in [0.2, 0.25) is 0 Å². The zero-order valence-electron chi connectivity index (χ0n) is 11.6. The number of hydrogen-bond donors (Lipinski definition) is 1. The third-order valence-electron chi connectivity index (χ3n) is 3.32. The number of ether oxygens (including phenoxy) is 2. The lowest BCUT2D eigenvalue weighted by Crippen LogP contribution is -2.58. The molecule has 2 aliphatic heterocycles. The van der Waals surface area contributed by atoms with Gasteiger partial charge in [-0.05, 0) is 46.7 Å². The minimum Gasteiger partial charge on any atom is -0.444 e. The van der Waals surface area contributed by atoms with E-state index in [1.54, 1.807) is 0 Å². The highest BCUT2D eigenvalue weighted by Gasteiger charge is 2.37. The zero-order valence-corrected chi connectivity index (χ0v) is 11.6. The third-order valence-corrected chi connectivity index (χ3v) is 3.32. The third kappa shape index (κ3) is 3.36. The Morgan fingerprint density at radius 3 is 2.28 bits per heavy atom. The average molecular weight is 256 g/mol. The molecule has 0 spiro atoms. The quantitative estimate of drug-likeness (QED) is 0.811. The molecule has 0 radical (unpaired) electrons. The maximum atomic E-state index is 12.3. The summed E-state index contributed by atoms with van der Waals surface area (Å²) in [4.78, 5) is 14.2. The summed E-state index contributed by atoms with van der Waals surface area (Å²) in [6, 6.07) is 0.484. The Hall–Kier alpha value is -0.810. The Morgan fingerprint density at radius 2 is 1.83 bits per heavy atom. The van der Waals surface area contributed by atoms with Gasteiger partial charge in [0.05, 0.1) is 19.3 Å². The molecule has 2 rings (SSSR count). The summed E-state index contributed by atoms with van der Waals surface area (Å²) in [5.41, 5.74) is -0.438. The second kappa shape index (κ2) is 5.45. The molecule has 2 heterocycles. The molecule has 0 aromatic carbocycles. The molecule has 0 aromatic rings. The molecule has 5 heteroatoms. The van der Waals surface area contributed by atoms with Crippen LogP contribution in [0.2, 0.25) is 0 Å². The summed E-state index contributed by atoms with van der Waals surface area (Å²) in [5, 5.41) is 3.32. The summed E-state index contributed by atoms with van der Waals surface area (Å²) in [6.07, 6.45) is 1.80. The van der Waals surface area contributed by atoms with Gasteiger partial charge in [0.15, 0.2) is 0 Å². The number of hydrogen-bond acceptors (Lipinski definition) is 4. The molecule has 0 atom stereocenters. The van der Waals surface area contributed by atoms with Gasteiger partial charge in [0.1, 0.15) is 5.60 Å². The van der Waals surface area contributed by atoms with Crippen LogP contribution in [0.15, 0.2) is 0 Å². The van der Waals surface area contributed by atoms with Gasteiger partial charge in [0.25, 0.3) is 0 Å². The first kappa shape index (κ1) is 13.6. The van der Waals surface area contributed by atoms with Gasteiger partial charge < -0.3 is 14.8 Å². The number of amides is 1. The first-order valence-corrected chi connectivity index (χ1v) is 6.77. The van der Waals surface area contributed by atoms with Gasteiger partial charge in [-0.15, -0.1) is 0 Å². The minimum absolute atomic E-state index is 0.192. The second-order valence-corrected chi connectivity index (χ2v) is 6.06. The van der Waals surface area contributed by atoms with Crippen molar-refractivity contribution < 1.29 is 14.3 Å². The topological polar surface area (TPSA) is 50.8 Å². The summed E-state index contributed by atoms with van der Waals surface area (Å²) in [6.45, 7) is 8.94. The zero-order chi connectivity index (χ0) is 13.2. The number of carbonyl (C=O) groups excluding carboxylic acids is 1. The number of carbonyl (C=O) groups is 1.